The second-order valence-corrected chi connectivity index (χ2v) is 5.30. The molecule has 0 aliphatic heterocycles. The summed E-state index contributed by atoms with van der Waals surface area (Å²) in [6.07, 6.45) is 1.88. The first-order chi connectivity index (χ1) is 7.50. The molecule has 0 bridgehead atoms. The van der Waals surface area contributed by atoms with E-state index in [9.17, 15) is 0 Å². The third kappa shape index (κ3) is 2.07. The number of nitrogens with one attached hydrogen (secondary N) is 1. The molecule has 0 radical (unpaired) electrons. The van der Waals surface area contributed by atoms with Gasteiger partial charge in [0.05, 0.1) is 15.7 Å². The second kappa shape index (κ2) is 4.53. The van der Waals surface area contributed by atoms with Crippen molar-refractivity contribution in [1.29, 1.82) is 0 Å². The van der Waals surface area contributed by atoms with Crippen molar-refractivity contribution in [2.45, 2.75) is 6.92 Å². The monoisotopic (exact) mass is 336 g/mol. The van der Waals surface area contributed by atoms with Crippen LogP contribution in [-0.4, -0.2) is 9.55 Å². The zero-order chi connectivity index (χ0) is 11.9. The summed E-state index contributed by atoms with van der Waals surface area (Å²) in [5.41, 5.74) is 1.74. The van der Waals surface area contributed by atoms with Crippen molar-refractivity contribution in [2.75, 3.05) is 0 Å². The maximum Gasteiger partial charge on any atom is 0.182 e. The van der Waals surface area contributed by atoms with Gasteiger partial charge in [-0.2, -0.15) is 0 Å². The number of H-pyrrole nitrogens is 1. The number of nitrogens with zero attached hydrogens (tertiary/aromatic N) is 1. The molecule has 0 amide bonds. The Bertz CT molecular complexity index is 603. The highest BCUT2D eigenvalue weighted by molar-refractivity contribution is 9.10. The number of benzene rings is 1. The zero-order valence-corrected chi connectivity index (χ0v) is 12.1. The Morgan fingerprint density at radius 2 is 2.00 bits per heavy atom. The van der Waals surface area contributed by atoms with E-state index >= 15 is 0 Å². The third-order valence-corrected chi connectivity index (χ3v) is 4.18. The zero-order valence-electron chi connectivity index (χ0n) is 8.22. The Kier molecular flexibility index (Phi) is 3.45. The lowest BCUT2D eigenvalue weighted by atomic mass is 10.3. The van der Waals surface area contributed by atoms with Crippen molar-refractivity contribution in [3.05, 3.63) is 43.3 Å². The number of hydrogen-bond donors (Lipinski definition) is 1. The molecule has 0 aliphatic carbocycles. The number of imidazole rings is 1. The molecular weight excluding hydrogens is 331 g/mol. The van der Waals surface area contributed by atoms with Gasteiger partial charge < -0.3 is 4.98 Å². The molecule has 2 aromatic rings. The molecule has 1 heterocycles. The fourth-order valence-electron chi connectivity index (χ4n) is 1.39. The number of halogens is 3. The molecule has 0 saturated heterocycles. The topological polar surface area (TPSA) is 20.7 Å². The fourth-order valence-corrected chi connectivity index (χ4v) is 2.57. The number of hydrogen-bond acceptors (Lipinski definition) is 1. The van der Waals surface area contributed by atoms with Gasteiger partial charge in [-0.3, -0.25) is 4.57 Å². The van der Waals surface area contributed by atoms with Crippen molar-refractivity contribution in [2.24, 2.45) is 0 Å². The van der Waals surface area contributed by atoms with Crippen molar-refractivity contribution in [3.63, 3.8) is 0 Å². The molecule has 0 unspecified atom stereocenters. The highest BCUT2D eigenvalue weighted by Gasteiger charge is 2.10. The molecule has 0 spiro atoms. The first-order valence-electron chi connectivity index (χ1n) is 4.43. The van der Waals surface area contributed by atoms with Crippen LogP contribution in [0.3, 0.4) is 0 Å². The highest BCUT2D eigenvalue weighted by Crippen LogP contribution is 2.34. The molecule has 0 aliphatic rings. The standard InChI is InChI=1S/C10H7BrCl2N2S/c1-5-4-15(10(16)14-5)7-3-2-6(11)8(12)9(7)13/h2-4H,1H3,(H,14,16). The maximum absolute atomic E-state index is 6.17. The van der Waals surface area contributed by atoms with Gasteiger partial charge in [0.2, 0.25) is 0 Å². The van der Waals surface area contributed by atoms with Gasteiger partial charge >= 0.3 is 0 Å². The number of aromatic nitrogens is 2. The SMILES string of the molecule is Cc1cn(-c2ccc(Br)c(Cl)c2Cl)c(=S)[nH]1. The predicted molar refractivity (Wildman–Crippen MR) is 73.4 cm³/mol. The molecule has 84 valence electrons. The van der Waals surface area contributed by atoms with E-state index in [1.807, 2.05) is 25.3 Å². The van der Waals surface area contributed by atoms with Crippen molar-refractivity contribution in [1.82, 2.24) is 9.55 Å². The molecule has 2 rings (SSSR count). The summed E-state index contributed by atoms with van der Waals surface area (Å²) in [7, 11) is 0. The summed E-state index contributed by atoms with van der Waals surface area (Å²) in [4.78, 5) is 3.03. The van der Waals surface area contributed by atoms with Crippen LogP contribution in [0.25, 0.3) is 5.69 Å². The van der Waals surface area contributed by atoms with Crippen LogP contribution in [0.15, 0.2) is 22.8 Å². The Morgan fingerprint density at radius 3 is 2.56 bits per heavy atom. The molecule has 0 saturated carbocycles. The molecule has 0 atom stereocenters. The van der Waals surface area contributed by atoms with Crippen LogP contribution in [0.2, 0.25) is 10.0 Å². The minimum Gasteiger partial charge on any atom is -0.335 e. The van der Waals surface area contributed by atoms with E-state index in [-0.39, 0.29) is 0 Å². The van der Waals surface area contributed by atoms with E-state index in [1.165, 1.54) is 0 Å². The summed E-state index contributed by atoms with van der Waals surface area (Å²) in [5.74, 6) is 0. The Morgan fingerprint density at radius 1 is 1.31 bits per heavy atom. The summed E-state index contributed by atoms with van der Waals surface area (Å²) in [5, 5.41) is 0.964. The molecular formula is C10H7BrCl2N2S. The molecule has 1 aromatic heterocycles. The van der Waals surface area contributed by atoms with Gasteiger partial charge in [0, 0.05) is 16.4 Å². The van der Waals surface area contributed by atoms with Crippen LogP contribution in [0.5, 0.6) is 0 Å². The first kappa shape index (κ1) is 12.2. The summed E-state index contributed by atoms with van der Waals surface area (Å²) < 4.78 is 3.16. The minimum atomic E-state index is 0.478. The normalized spacial score (nSPS) is 10.8. The lowest BCUT2D eigenvalue weighted by Gasteiger charge is -2.07. The van der Waals surface area contributed by atoms with E-state index in [0.29, 0.717) is 14.8 Å². The number of aryl methyl sites for hydroxylation is 1. The molecule has 2 nitrogen and oxygen atoms in total. The van der Waals surface area contributed by atoms with E-state index in [4.69, 9.17) is 35.4 Å². The van der Waals surface area contributed by atoms with Crippen LogP contribution in [-0.2, 0) is 0 Å². The van der Waals surface area contributed by atoms with Gasteiger partial charge in [0.1, 0.15) is 0 Å². The lowest BCUT2D eigenvalue weighted by molar-refractivity contribution is 1.03. The van der Waals surface area contributed by atoms with Gasteiger partial charge in [0.15, 0.2) is 4.77 Å². The van der Waals surface area contributed by atoms with E-state index in [0.717, 1.165) is 15.9 Å². The van der Waals surface area contributed by atoms with Crippen LogP contribution in [0, 0.1) is 11.7 Å². The van der Waals surface area contributed by atoms with Crippen LogP contribution in [0.1, 0.15) is 5.69 Å². The number of aromatic amines is 1. The predicted octanol–water partition coefficient (Wildman–Crippen LogP) is 4.91. The highest BCUT2D eigenvalue weighted by atomic mass is 79.9. The second-order valence-electron chi connectivity index (χ2n) is 3.31. The largest absolute Gasteiger partial charge is 0.335 e. The summed E-state index contributed by atoms with van der Waals surface area (Å²) in [6.45, 7) is 1.93. The van der Waals surface area contributed by atoms with Crippen molar-refractivity contribution < 1.29 is 0 Å². The van der Waals surface area contributed by atoms with E-state index < -0.39 is 0 Å². The van der Waals surface area contributed by atoms with Gasteiger partial charge in [-0.05, 0) is 47.2 Å². The fraction of sp³-hybridized carbons (Fsp3) is 0.100. The number of rotatable bonds is 1. The van der Waals surface area contributed by atoms with Crippen LogP contribution < -0.4 is 0 Å². The van der Waals surface area contributed by atoms with E-state index in [2.05, 4.69) is 20.9 Å². The first-order valence-corrected chi connectivity index (χ1v) is 6.38. The van der Waals surface area contributed by atoms with Gasteiger partial charge in [0.25, 0.3) is 0 Å². The van der Waals surface area contributed by atoms with E-state index in [1.54, 1.807) is 4.57 Å². The van der Waals surface area contributed by atoms with Crippen molar-refractivity contribution >= 4 is 51.3 Å². The summed E-state index contributed by atoms with van der Waals surface area (Å²) >= 11 is 20.7. The van der Waals surface area contributed by atoms with Gasteiger partial charge in [-0.15, -0.1) is 0 Å². The van der Waals surface area contributed by atoms with Crippen LogP contribution in [0.4, 0.5) is 0 Å². The van der Waals surface area contributed by atoms with Gasteiger partial charge in [-0.1, -0.05) is 23.2 Å². The third-order valence-electron chi connectivity index (χ3n) is 2.12. The molecule has 6 heteroatoms. The van der Waals surface area contributed by atoms with Gasteiger partial charge in [-0.25, -0.2) is 0 Å². The maximum atomic E-state index is 6.17. The average molecular weight is 338 g/mol. The quantitative estimate of drug-likeness (QED) is 0.579. The molecule has 1 aromatic carbocycles. The minimum absolute atomic E-state index is 0.478. The molecule has 1 N–H and O–H groups in total. The lowest BCUT2D eigenvalue weighted by Crippen LogP contribution is -1.94. The molecule has 16 heavy (non-hydrogen) atoms. The smallest absolute Gasteiger partial charge is 0.182 e. The van der Waals surface area contributed by atoms with Crippen LogP contribution >= 0.6 is 51.3 Å². The Hall–Kier alpha value is -0.290. The Balaban J connectivity index is 2.70. The molecule has 0 fully saturated rings. The summed E-state index contributed by atoms with van der Waals surface area (Å²) in [6, 6.07) is 3.70. The van der Waals surface area contributed by atoms with Crippen molar-refractivity contribution in [3.8, 4) is 5.69 Å². The average Bonchev–Trinajstić information content (AvgIpc) is 2.55. The Labute approximate surface area is 116 Å².